The van der Waals surface area contributed by atoms with Crippen molar-refractivity contribution in [3.63, 3.8) is 0 Å². The standard InChI is InChI=1S/C16H24N2O/c1-12(2)19-15-9-7-13(8-10-15)16(11-17)18-14-5-3-4-6-14/h3-4,7-10,12,14,16,18H,5-6,11,17H2,1-2H3. The minimum atomic E-state index is 0.207. The van der Waals surface area contributed by atoms with Crippen LogP contribution >= 0.6 is 0 Å². The van der Waals surface area contributed by atoms with E-state index in [1.54, 1.807) is 0 Å². The molecule has 104 valence electrons. The van der Waals surface area contributed by atoms with E-state index in [1.807, 2.05) is 26.0 Å². The van der Waals surface area contributed by atoms with E-state index < -0.39 is 0 Å². The van der Waals surface area contributed by atoms with Crippen molar-refractivity contribution in [1.82, 2.24) is 5.32 Å². The Bertz CT molecular complexity index is 403. The summed E-state index contributed by atoms with van der Waals surface area (Å²) in [5.41, 5.74) is 7.11. The van der Waals surface area contributed by atoms with Gasteiger partial charge >= 0.3 is 0 Å². The lowest BCUT2D eigenvalue weighted by Gasteiger charge is -2.22. The van der Waals surface area contributed by atoms with Gasteiger partial charge in [-0.1, -0.05) is 24.3 Å². The Kier molecular flexibility index (Phi) is 5.00. The third-order valence-electron chi connectivity index (χ3n) is 3.33. The Morgan fingerprint density at radius 1 is 1.21 bits per heavy atom. The fraction of sp³-hybridized carbons (Fsp3) is 0.500. The average molecular weight is 260 g/mol. The highest BCUT2D eigenvalue weighted by molar-refractivity contribution is 5.29. The van der Waals surface area contributed by atoms with Crippen molar-refractivity contribution in [1.29, 1.82) is 0 Å². The maximum Gasteiger partial charge on any atom is 0.119 e. The molecule has 1 aromatic rings. The quantitative estimate of drug-likeness (QED) is 0.773. The normalized spacial score (nSPS) is 17.1. The smallest absolute Gasteiger partial charge is 0.119 e. The number of hydrogen-bond donors (Lipinski definition) is 2. The van der Waals surface area contributed by atoms with Crippen molar-refractivity contribution < 1.29 is 4.74 Å². The first-order chi connectivity index (χ1) is 9.19. The van der Waals surface area contributed by atoms with Crippen LogP contribution in [0.3, 0.4) is 0 Å². The summed E-state index contributed by atoms with van der Waals surface area (Å²) < 4.78 is 5.65. The molecule has 0 aromatic heterocycles. The van der Waals surface area contributed by atoms with Gasteiger partial charge in [-0.15, -0.1) is 0 Å². The molecule has 3 N–H and O–H groups in total. The predicted octanol–water partition coefficient (Wildman–Crippen LogP) is 2.78. The van der Waals surface area contributed by atoms with Crippen LogP contribution in [0.4, 0.5) is 0 Å². The minimum absolute atomic E-state index is 0.207. The van der Waals surface area contributed by atoms with E-state index in [9.17, 15) is 0 Å². The fourth-order valence-corrected chi connectivity index (χ4v) is 2.39. The molecule has 19 heavy (non-hydrogen) atoms. The highest BCUT2D eigenvalue weighted by Gasteiger charge is 2.16. The molecular weight excluding hydrogens is 236 g/mol. The second kappa shape index (κ2) is 6.73. The highest BCUT2D eigenvalue weighted by atomic mass is 16.5. The number of nitrogens with one attached hydrogen (secondary N) is 1. The summed E-state index contributed by atoms with van der Waals surface area (Å²) in [4.78, 5) is 0. The number of ether oxygens (including phenoxy) is 1. The fourth-order valence-electron chi connectivity index (χ4n) is 2.39. The average Bonchev–Trinajstić information content (AvgIpc) is 2.89. The summed E-state index contributed by atoms with van der Waals surface area (Å²) in [7, 11) is 0. The van der Waals surface area contributed by atoms with Crippen LogP contribution in [0.15, 0.2) is 36.4 Å². The summed E-state index contributed by atoms with van der Waals surface area (Å²) >= 11 is 0. The zero-order valence-electron chi connectivity index (χ0n) is 11.8. The van der Waals surface area contributed by atoms with Gasteiger partial charge < -0.3 is 15.8 Å². The summed E-state index contributed by atoms with van der Waals surface area (Å²) in [5, 5.41) is 3.61. The van der Waals surface area contributed by atoms with Crippen molar-refractivity contribution in [2.45, 2.75) is 44.9 Å². The Hall–Kier alpha value is -1.32. The lowest BCUT2D eigenvalue weighted by Crippen LogP contribution is -2.35. The van der Waals surface area contributed by atoms with Crippen molar-refractivity contribution in [3.8, 4) is 5.75 Å². The minimum Gasteiger partial charge on any atom is -0.491 e. The van der Waals surface area contributed by atoms with Gasteiger partial charge in [-0.3, -0.25) is 0 Å². The van der Waals surface area contributed by atoms with Crippen molar-refractivity contribution in [2.75, 3.05) is 6.54 Å². The molecular formula is C16H24N2O. The van der Waals surface area contributed by atoms with Crippen LogP contribution in [0, 0.1) is 0 Å². The first kappa shape index (κ1) is 14.1. The Morgan fingerprint density at radius 3 is 2.37 bits per heavy atom. The molecule has 3 heteroatoms. The number of nitrogens with two attached hydrogens (primary N) is 1. The molecule has 0 radical (unpaired) electrons. The van der Waals surface area contributed by atoms with E-state index in [0.29, 0.717) is 12.6 Å². The molecule has 0 fully saturated rings. The lowest BCUT2D eigenvalue weighted by molar-refractivity contribution is 0.242. The molecule has 1 unspecified atom stereocenters. The monoisotopic (exact) mass is 260 g/mol. The van der Waals surface area contributed by atoms with Gasteiger partial charge in [0, 0.05) is 18.6 Å². The van der Waals surface area contributed by atoms with Crippen LogP contribution in [0.25, 0.3) is 0 Å². The Labute approximate surface area is 115 Å². The molecule has 0 spiro atoms. The molecule has 1 atom stereocenters. The molecule has 0 saturated carbocycles. The summed E-state index contributed by atoms with van der Waals surface area (Å²) in [6, 6.07) is 8.99. The van der Waals surface area contributed by atoms with Crippen molar-refractivity contribution >= 4 is 0 Å². The molecule has 1 aliphatic rings. The lowest BCUT2D eigenvalue weighted by atomic mass is 10.0. The Balaban J connectivity index is 1.97. The van der Waals surface area contributed by atoms with Gasteiger partial charge in [0.1, 0.15) is 5.75 Å². The van der Waals surface area contributed by atoms with Gasteiger partial charge in [-0.25, -0.2) is 0 Å². The van der Waals surface area contributed by atoms with Gasteiger partial charge in [0.25, 0.3) is 0 Å². The molecule has 2 rings (SSSR count). The van der Waals surface area contributed by atoms with Gasteiger partial charge in [0.05, 0.1) is 6.10 Å². The van der Waals surface area contributed by atoms with Gasteiger partial charge in [-0.2, -0.15) is 0 Å². The van der Waals surface area contributed by atoms with Crippen LogP contribution in [0.2, 0.25) is 0 Å². The largest absolute Gasteiger partial charge is 0.491 e. The molecule has 0 saturated heterocycles. The molecule has 0 aliphatic heterocycles. The van der Waals surface area contributed by atoms with Crippen LogP contribution in [-0.4, -0.2) is 18.7 Å². The Morgan fingerprint density at radius 2 is 1.84 bits per heavy atom. The van der Waals surface area contributed by atoms with Crippen LogP contribution in [0.1, 0.15) is 38.3 Å². The second-order valence-corrected chi connectivity index (χ2v) is 5.33. The van der Waals surface area contributed by atoms with E-state index >= 15 is 0 Å². The molecule has 0 amide bonds. The van der Waals surface area contributed by atoms with E-state index in [1.165, 1.54) is 5.56 Å². The zero-order valence-corrected chi connectivity index (χ0v) is 11.8. The molecule has 0 heterocycles. The summed E-state index contributed by atoms with van der Waals surface area (Å²) in [6.07, 6.45) is 6.87. The summed E-state index contributed by atoms with van der Waals surface area (Å²) in [5.74, 6) is 0.914. The number of benzene rings is 1. The van der Waals surface area contributed by atoms with Gasteiger partial charge in [0.15, 0.2) is 0 Å². The van der Waals surface area contributed by atoms with Crippen molar-refractivity contribution in [3.05, 3.63) is 42.0 Å². The van der Waals surface area contributed by atoms with E-state index in [0.717, 1.165) is 18.6 Å². The van der Waals surface area contributed by atoms with Crippen LogP contribution in [-0.2, 0) is 0 Å². The molecule has 1 aliphatic carbocycles. The first-order valence-electron chi connectivity index (χ1n) is 7.06. The van der Waals surface area contributed by atoms with Crippen LogP contribution in [0.5, 0.6) is 5.75 Å². The third-order valence-corrected chi connectivity index (χ3v) is 3.33. The maximum absolute atomic E-state index is 5.89. The number of hydrogen-bond acceptors (Lipinski definition) is 3. The maximum atomic E-state index is 5.89. The van der Waals surface area contributed by atoms with Crippen LogP contribution < -0.4 is 15.8 Å². The third kappa shape index (κ3) is 4.08. The first-order valence-corrected chi connectivity index (χ1v) is 7.06. The summed E-state index contributed by atoms with van der Waals surface area (Å²) in [6.45, 7) is 4.68. The predicted molar refractivity (Wildman–Crippen MR) is 79.3 cm³/mol. The van der Waals surface area contributed by atoms with E-state index in [-0.39, 0.29) is 12.1 Å². The second-order valence-electron chi connectivity index (χ2n) is 5.33. The van der Waals surface area contributed by atoms with Gasteiger partial charge in [0.2, 0.25) is 0 Å². The topological polar surface area (TPSA) is 47.3 Å². The van der Waals surface area contributed by atoms with Crippen molar-refractivity contribution in [2.24, 2.45) is 5.73 Å². The zero-order chi connectivity index (χ0) is 13.7. The highest BCUT2D eigenvalue weighted by Crippen LogP contribution is 2.20. The number of rotatable bonds is 6. The molecule has 1 aromatic carbocycles. The van der Waals surface area contributed by atoms with E-state index in [4.69, 9.17) is 10.5 Å². The SMILES string of the molecule is CC(C)Oc1ccc(C(CN)NC2CC=CC2)cc1. The molecule has 3 nitrogen and oxygen atoms in total. The van der Waals surface area contributed by atoms with Gasteiger partial charge in [-0.05, 0) is 44.4 Å². The molecule has 0 bridgehead atoms. The van der Waals surface area contributed by atoms with E-state index in [2.05, 4.69) is 29.6 Å².